The molecule has 1 fully saturated rings. The molecule has 0 spiro atoms. The number of para-hydroxylation sites is 1. The van der Waals surface area contributed by atoms with E-state index in [1.54, 1.807) is 6.07 Å². The zero-order valence-corrected chi connectivity index (χ0v) is 12.3. The first-order valence-corrected chi connectivity index (χ1v) is 7.47. The van der Waals surface area contributed by atoms with Gasteiger partial charge in [0, 0.05) is 24.7 Å². The Morgan fingerprint density at radius 1 is 1.32 bits per heavy atom. The smallest absolute Gasteiger partial charge is 0.138 e. The summed E-state index contributed by atoms with van der Waals surface area (Å²) in [6.07, 6.45) is 4.01. The van der Waals surface area contributed by atoms with Gasteiger partial charge in [0.1, 0.15) is 5.75 Å². The first-order valence-electron chi connectivity index (χ1n) is 7.09. The number of nitrogens with zero attached hydrogens (tertiary/aromatic N) is 1. The first kappa shape index (κ1) is 14.6. The van der Waals surface area contributed by atoms with Crippen molar-refractivity contribution in [3.63, 3.8) is 0 Å². The lowest BCUT2D eigenvalue weighted by atomic mass is 10.1. The number of piperidine rings is 1. The number of rotatable bonds is 5. The zero-order valence-electron chi connectivity index (χ0n) is 11.5. The maximum atomic E-state index is 9.83. The van der Waals surface area contributed by atoms with Crippen LogP contribution in [0.15, 0.2) is 18.2 Å². The standard InChI is InChI=1S/C15H23ClN2O/c1-12(18-8-3-2-4-9-18)10-17-11-13-6-5-7-14(16)15(13)19/h5-7,12,17,19H,2-4,8-11H2,1H3. The van der Waals surface area contributed by atoms with Crippen LogP contribution in [0.25, 0.3) is 0 Å². The van der Waals surface area contributed by atoms with Crippen molar-refractivity contribution in [1.82, 2.24) is 10.2 Å². The average Bonchev–Trinajstić information content (AvgIpc) is 2.44. The highest BCUT2D eigenvalue weighted by Gasteiger charge is 2.16. The third-order valence-electron chi connectivity index (χ3n) is 3.84. The third-order valence-corrected chi connectivity index (χ3v) is 4.14. The van der Waals surface area contributed by atoms with Gasteiger partial charge in [0.05, 0.1) is 5.02 Å². The van der Waals surface area contributed by atoms with E-state index in [2.05, 4.69) is 17.1 Å². The van der Waals surface area contributed by atoms with Crippen molar-refractivity contribution in [3.05, 3.63) is 28.8 Å². The SMILES string of the molecule is CC(CNCc1cccc(Cl)c1O)N1CCCCC1. The van der Waals surface area contributed by atoms with Crippen LogP contribution in [0, 0.1) is 0 Å². The Bertz CT molecular complexity index is 405. The fraction of sp³-hybridized carbons (Fsp3) is 0.600. The van der Waals surface area contributed by atoms with Crippen molar-refractivity contribution in [2.75, 3.05) is 19.6 Å². The molecule has 1 unspecified atom stereocenters. The Kier molecular flexibility index (Phi) is 5.49. The molecule has 0 aromatic heterocycles. The molecule has 106 valence electrons. The van der Waals surface area contributed by atoms with E-state index < -0.39 is 0 Å². The van der Waals surface area contributed by atoms with Crippen LogP contribution in [-0.2, 0) is 6.54 Å². The molecule has 19 heavy (non-hydrogen) atoms. The van der Waals surface area contributed by atoms with Crippen LogP contribution < -0.4 is 5.32 Å². The van der Waals surface area contributed by atoms with Gasteiger partial charge in [0.25, 0.3) is 0 Å². The lowest BCUT2D eigenvalue weighted by Gasteiger charge is -2.32. The van der Waals surface area contributed by atoms with Gasteiger partial charge in [-0.05, 0) is 38.9 Å². The average molecular weight is 283 g/mol. The number of aromatic hydroxyl groups is 1. The molecule has 1 atom stereocenters. The highest BCUT2D eigenvalue weighted by molar-refractivity contribution is 6.32. The number of nitrogens with one attached hydrogen (secondary N) is 1. The van der Waals surface area contributed by atoms with E-state index in [4.69, 9.17) is 11.6 Å². The Balaban J connectivity index is 1.78. The van der Waals surface area contributed by atoms with E-state index in [0.29, 0.717) is 17.6 Å². The van der Waals surface area contributed by atoms with Crippen molar-refractivity contribution >= 4 is 11.6 Å². The van der Waals surface area contributed by atoms with E-state index in [9.17, 15) is 5.11 Å². The molecule has 2 rings (SSSR count). The molecular formula is C15H23ClN2O. The lowest BCUT2D eigenvalue weighted by Crippen LogP contribution is -2.42. The predicted octanol–water partition coefficient (Wildman–Crippen LogP) is 3.01. The molecule has 0 radical (unpaired) electrons. The number of hydrogen-bond donors (Lipinski definition) is 2. The summed E-state index contributed by atoms with van der Waals surface area (Å²) in [4.78, 5) is 2.54. The van der Waals surface area contributed by atoms with E-state index in [-0.39, 0.29) is 5.75 Å². The number of likely N-dealkylation sites (tertiary alicyclic amines) is 1. The molecule has 1 aliphatic heterocycles. The fourth-order valence-corrected chi connectivity index (χ4v) is 2.80. The van der Waals surface area contributed by atoms with E-state index in [1.807, 2.05) is 12.1 Å². The monoisotopic (exact) mass is 282 g/mol. The highest BCUT2D eigenvalue weighted by atomic mass is 35.5. The Labute approximate surface area is 120 Å². The normalized spacial score (nSPS) is 18.4. The Morgan fingerprint density at radius 3 is 2.79 bits per heavy atom. The van der Waals surface area contributed by atoms with Gasteiger partial charge < -0.3 is 10.4 Å². The van der Waals surface area contributed by atoms with Crippen molar-refractivity contribution in [2.24, 2.45) is 0 Å². The van der Waals surface area contributed by atoms with Gasteiger partial charge in [0.15, 0.2) is 0 Å². The molecule has 0 aliphatic carbocycles. The topological polar surface area (TPSA) is 35.5 Å². The molecule has 0 amide bonds. The van der Waals surface area contributed by atoms with Crippen molar-refractivity contribution in [2.45, 2.75) is 38.8 Å². The molecule has 3 nitrogen and oxygen atoms in total. The van der Waals surface area contributed by atoms with E-state index in [1.165, 1.54) is 32.4 Å². The summed E-state index contributed by atoms with van der Waals surface area (Å²) in [6, 6.07) is 6.02. The molecule has 1 aromatic rings. The molecule has 0 bridgehead atoms. The van der Waals surface area contributed by atoms with Crippen molar-refractivity contribution in [1.29, 1.82) is 0 Å². The molecule has 4 heteroatoms. The van der Waals surface area contributed by atoms with Gasteiger partial charge in [-0.1, -0.05) is 30.2 Å². The highest BCUT2D eigenvalue weighted by Crippen LogP contribution is 2.26. The molecule has 2 N–H and O–H groups in total. The van der Waals surface area contributed by atoms with Gasteiger partial charge in [-0.3, -0.25) is 4.90 Å². The van der Waals surface area contributed by atoms with Gasteiger partial charge in [0.2, 0.25) is 0 Å². The molecular weight excluding hydrogens is 260 g/mol. The molecule has 1 heterocycles. The Morgan fingerprint density at radius 2 is 2.05 bits per heavy atom. The van der Waals surface area contributed by atoms with E-state index >= 15 is 0 Å². The molecule has 1 saturated heterocycles. The van der Waals surface area contributed by atoms with Crippen molar-refractivity contribution < 1.29 is 5.11 Å². The second kappa shape index (κ2) is 7.13. The summed E-state index contributed by atoms with van der Waals surface area (Å²) in [5.74, 6) is 0.197. The number of halogens is 1. The first-order chi connectivity index (χ1) is 9.18. The van der Waals surface area contributed by atoms with E-state index in [0.717, 1.165) is 12.1 Å². The fourth-order valence-electron chi connectivity index (χ4n) is 2.61. The lowest BCUT2D eigenvalue weighted by molar-refractivity contribution is 0.170. The maximum Gasteiger partial charge on any atom is 0.138 e. The van der Waals surface area contributed by atoms with Gasteiger partial charge in [-0.2, -0.15) is 0 Å². The number of phenolic OH excluding ortho intramolecular Hbond substituents is 1. The minimum atomic E-state index is 0.197. The summed E-state index contributed by atoms with van der Waals surface area (Å²) in [5, 5.41) is 13.7. The summed E-state index contributed by atoms with van der Waals surface area (Å²) >= 11 is 5.89. The van der Waals surface area contributed by atoms with Crippen LogP contribution >= 0.6 is 11.6 Å². The number of benzene rings is 1. The Hall–Kier alpha value is -0.770. The van der Waals surface area contributed by atoms with Crippen LogP contribution in [0.5, 0.6) is 5.75 Å². The summed E-state index contributed by atoms with van der Waals surface area (Å²) in [7, 11) is 0. The van der Waals surface area contributed by atoms with Gasteiger partial charge >= 0.3 is 0 Å². The number of phenols is 1. The van der Waals surface area contributed by atoms with Crippen LogP contribution in [0.3, 0.4) is 0 Å². The largest absolute Gasteiger partial charge is 0.506 e. The second-order valence-electron chi connectivity index (χ2n) is 5.32. The third kappa shape index (κ3) is 4.10. The molecule has 0 saturated carbocycles. The van der Waals surface area contributed by atoms with Crippen LogP contribution in [0.1, 0.15) is 31.7 Å². The van der Waals surface area contributed by atoms with Gasteiger partial charge in [-0.25, -0.2) is 0 Å². The molecule has 1 aliphatic rings. The summed E-state index contributed by atoms with van der Waals surface area (Å²) in [6.45, 7) is 6.28. The maximum absolute atomic E-state index is 9.83. The predicted molar refractivity (Wildman–Crippen MR) is 79.7 cm³/mol. The van der Waals surface area contributed by atoms with Crippen molar-refractivity contribution in [3.8, 4) is 5.75 Å². The second-order valence-corrected chi connectivity index (χ2v) is 5.73. The summed E-state index contributed by atoms with van der Waals surface area (Å²) < 4.78 is 0. The van der Waals surface area contributed by atoms with Gasteiger partial charge in [-0.15, -0.1) is 0 Å². The van der Waals surface area contributed by atoms with Crippen LogP contribution in [0.2, 0.25) is 5.02 Å². The van der Waals surface area contributed by atoms with Crippen LogP contribution in [-0.4, -0.2) is 35.7 Å². The quantitative estimate of drug-likeness (QED) is 0.871. The van der Waals surface area contributed by atoms with Crippen LogP contribution in [0.4, 0.5) is 0 Å². The summed E-state index contributed by atoms with van der Waals surface area (Å²) in [5.41, 5.74) is 0.860. The minimum absolute atomic E-state index is 0.197. The number of hydrogen-bond acceptors (Lipinski definition) is 3. The minimum Gasteiger partial charge on any atom is -0.506 e. The molecule has 1 aromatic carbocycles. The zero-order chi connectivity index (χ0) is 13.7.